The van der Waals surface area contributed by atoms with Gasteiger partial charge in [0, 0.05) is 25.2 Å². The van der Waals surface area contributed by atoms with Crippen molar-refractivity contribution in [3.8, 4) is 0 Å². The van der Waals surface area contributed by atoms with Crippen molar-refractivity contribution in [1.29, 1.82) is 0 Å². The third kappa shape index (κ3) is 4.30. The molecule has 3 heteroatoms. The molecule has 1 aliphatic heterocycles. The number of nitrogens with zero attached hydrogens (tertiary/aromatic N) is 1. The number of nitrogens with one attached hydrogen (secondary N) is 2. The molecule has 0 radical (unpaired) electrons. The molecule has 0 bridgehead atoms. The van der Waals surface area contributed by atoms with Gasteiger partial charge in [-0.1, -0.05) is 44.2 Å². The molecular weight excluding hydrogens is 246 g/mol. The van der Waals surface area contributed by atoms with Gasteiger partial charge in [0.15, 0.2) is 0 Å². The molecule has 1 aromatic carbocycles. The fourth-order valence-corrected chi connectivity index (χ4v) is 3.12. The van der Waals surface area contributed by atoms with Gasteiger partial charge >= 0.3 is 0 Å². The number of hydrogen-bond acceptors (Lipinski definition) is 3. The summed E-state index contributed by atoms with van der Waals surface area (Å²) >= 11 is 0. The molecule has 0 amide bonds. The van der Waals surface area contributed by atoms with E-state index in [1.165, 1.54) is 24.9 Å². The molecule has 2 atom stereocenters. The molecule has 20 heavy (non-hydrogen) atoms. The average molecular weight is 275 g/mol. The van der Waals surface area contributed by atoms with Crippen molar-refractivity contribution in [2.75, 3.05) is 32.7 Å². The molecule has 2 rings (SSSR count). The predicted molar refractivity (Wildman–Crippen MR) is 86.0 cm³/mol. The normalized spacial score (nSPS) is 20.4. The van der Waals surface area contributed by atoms with Crippen molar-refractivity contribution in [1.82, 2.24) is 15.5 Å². The first-order valence-electron chi connectivity index (χ1n) is 8.08. The zero-order valence-corrected chi connectivity index (χ0v) is 12.9. The lowest BCUT2D eigenvalue weighted by atomic mass is 10.0. The second-order valence-electron chi connectivity index (χ2n) is 5.60. The van der Waals surface area contributed by atoms with Crippen LogP contribution in [0.1, 0.15) is 38.3 Å². The third-order valence-corrected chi connectivity index (χ3v) is 4.33. The minimum atomic E-state index is 0.479. The van der Waals surface area contributed by atoms with Crippen LogP contribution in [0.25, 0.3) is 0 Å². The maximum Gasteiger partial charge on any atom is 0.0472 e. The highest BCUT2D eigenvalue weighted by Gasteiger charge is 2.19. The summed E-state index contributed by atoms with van der Waals surface area (Å²) in [4.78, 5) is 2.53. The van der Waals surface area contributed by atoms with Crippen molar-refractivity contribution in [2.45, 2.75) is 38.8 Å². The lowest BCUT2D eigenvalue weighted by Crippen LogP contribution is -2.40. The smallest absolute Gasteiger partial charge is 0.0472 e. The fraction of sp³-hybridized carbons (Fsp3) is 0.647. The van der Waals surface area contributed by atoms with E-state index in [9.17, 15) is 0 Å². The summed E-state index contributed by atoms with van der Waals surface area (Å²) in [5.41, 5.74) is 1.42. The molecule has 2 unspecified atom stereocenters. The largest absolute Gasteiger partial charge is 0.313 e. The Labute approximate surface area is 123 Å². The predicted octanol–water partition coefficient (Wildman–Crippen LogP) is 2.41. The summed E-state index contributed by atoms with van der Waals surface area (Å²) < 4.78 is 0. The monoisotopic (exact) mass is 275 g/mol. The van der Waals surface area contributed by atoms with Crippen molar-refractivity contribution in [2.24, 2.45) is 0 Å². The Morgan fingerprint density at radius 3 is 2.60 bits per heavy atom. The van der Waals surface area contributed by atoms with E-state index in [-0.39, 0.29) is 0 Å². The second-order valence-corrected chi connectivity index (χ2v) is 5.60. The van der Waals surface area contributed by atoms with E-state index < -0.39 is 0 Å². The molecule has 1 heterocycles. The summed E-state index contributed by atoms with van der Waals surface area (Å²) in [7, 11) is 0. The van der Waals surface area contributed by atoms with Gasteiger partial charge in [-0.25, -0.2) is 0 Å². The minimum absolute atomic E-state index is 0.479. The van der Waals surface area contributed by atoms with E-state index in [1.54, 1.807) is 0 Å². The molecule has 3 nitrogen and oxygen atoms in total. The Balaban J connectivity index is 1.91. The van der Waals surface area contributed by atoms with Gasteiger partial charge in [0.25, 0.3) is 0 Å². The summed E-state index contributed by atoms with van der Waals surface area (Å²) in [5.74, 6) is 0. The molecule has 1 saturated heterocycles. The van der Waals surface area contributed by atoms with Gasteiger partial charge in [-0.2, -0.15) is 0 Å². The Hall–Kier alpha value is -0.900. The number of likely N-dealkylation sites (N-methyl/N-ethyl adjacent to an activating group) is 1. The van der Waals surface area contributed by atoms with Crippen molar-refractivity contribution in [3.05, 3.63) is 35.9 Å². The van der Waals surface area contributed by atoms with Crippen LogP contribution in [0, 0.1) is 0 Å². The molecule has 0 spiro atoms. The van der Waals surface area contributed by atoms with Gasteiger partial charge in [-0.05, 0) is 38.0 Å². The molecular formula is C17H29N3. The molecule has 1 aliphatic rings. The highest BCUT2D eigenvalue weighted by atomic mass is 15.2. The van der Waals surface area contributed by atoms with Crippen LogP contribution >= 0.6 is 0 Å². The van der Waals surface area contributed by atoms with E-state index in [0.29, 0.717) is 12.1 Å². The molecule has 1 aromatic rings. The number of rotatable bonds is 8. The van der Waals surface area contributed by atoms with Crippen LogP contribution in [0.4, 0.5) is 0 Å². The van der Waals surface area contributed by atoms with Gasteiger partial charge in [0.1, 0.15) is 0 Å². The molecule has 0 saturated carbocycles. The fourth-order valence-electron chi connectivity index (χ4n) is 3.12. The lowest BCUT2D eigenvalue weighted by Gasteiger charge is -2.30. The van der Waals surface area contributed by atoms with Crippen molar-refractivity contribution in [3.63, 3.8) is 0 Å². The van der Waals surface area contributed by atoms with Crippen LogP contribution in [0.3, 0.4) is 0 Å². The van der Waals surface area contributed by atoms with Gasteiger partial charge in [0.2, 0.25) is 0 Å². The Bertz CT molecular complexity index is 356. The molecule has 112 valence electrons. The maximum atomic E-state index is 3.67. The van der Waals surface area contributed by atoms with Crippen LogP contribution in [0.15, 0.2) is 30.3 Å². The van der Waals surface area contributed by atoms with Gasteiger partial charge in [-0.3, -0.25) is 4.90 Å². The molecule has 0 aromatic heterocycles. The van der Waals surface area contributed by atoms with Gasteiger partial charge < -0.3 is 10.6 Å². The quantitative estimate of drug-likeness (QED) is 0.763. The van der Waals surface area contributed by atoms with Gasteiger partial charge in [0.05, 0.1) is 0 Å². The number of hydrogen-bond donors (Lipinski definition) is 2. The minimum Gasteiger partial charge on any atom is -0.313 e. The summed E-state index contributed by atoms with van der Waals surface area (Å²) in [5, 5.41) is 7.22. The highest BCUT2D eigenvalue weighted by molar-refractivity contribution is 5.19. The lowest BCUT2D eigenvalue weighted by molar-refractivity contribution is 0.212. The van der Waals surface area contributed by atoms with Crippen LogP contribution in [0.5, 0.6) is 0 Å². The zero-order chi connectivity index (χ0) is 14.2. The Morgan fingerprint density at radius 2 is 2.00 bits per heavy atom. The van der Waals surface area contributed by atoms with Crippen LogP contribution in [0.2, 0.25) is 0 Å². The van der Waals surface area contributed by atoms with Crippen molar-refractivity contribution < 1.29 is 0 Å². The molecule has 0 aliphatic carbocycles. The molecule has 1 fully saturated rings. The Kier molecular flexibility index (Phi) is 6.51. The number of benzene rings is 1. The average Bonchev–Trinajstić information content (AvgIpc) is 3.01. The SMILES string of the molecule is CCN(CC)C(CNCC1CCCN1)c1ccccc1. The summed E-state index contributed by atoms with van der Waals surface area (Å²) in [6.07, 6.45) is 2.64. The first-order chi connectivity index (χ1) is 9.85. The van der Waals surface area contributed by atoms with E-state index in [4.69, 9.17) is 0 Å². The summed E-state index contributed by atoms with van der Waals surface area (Å²) in [6, 6.07) is 12.0. The second kappa shape index (κ2) is 8.40. The zero-order valence-electron chi connectivity index (χ0n) is 12.9. The van der Waals surface area contributed by atoms with E-state index in [0.717, 1.165) is 26.2 Å². The first kappa shape index (κ1) is 15.5. The van der Waals surface area contributed by atoms with Crippen LogP contribution in [-0.2, 0) is 0 Å². The maximum absolute atomic E-state index is 3.67. The highest BCUT2D eigenvalue weighted by Crippen LogP contribution is 2.19. The standard InChI is InChI=1S/C17H29N3/c1-3-20(4-2)17(15-9-6-5-7-10-15)14-18-13-16-11-8-12-19-16/h5-7,9-10,16-19H,3-4,8,11-14H2,1-2H3. The first-order valence-corrected chi connectivity index (χ1v) is 8.08. The van der Waals surface area contributed by atoms with Crippen LogP contribution < -0.4 is 10.6 Å². The topological polar surface area (TPSA) is 27.3 Å². The Morgan fingerprint density at radius 1 is 1.25 bits per heavy atom. The molecule has 2 N–H and O–H groups in total. The van der Waals surface area contributed by atoms with Crippen LogP contribution in [-0.4, -0.2) is 43.7 Å². The third-order valence-electron chi connectivity index (χ3n) is 4.33. The van der Waals surface area contributed by atoms with E-state index in [1.807, 2.05) is 0 Å². The van der Waals surface area contributed by atoms with Gasteiger partial charge in [-0.15, -0.1) is 0 Å². The van der Waals surface area contributed by atoms with E-state index >= 15 is 0 Å². The van der Waals surface area contributed by atoms with Crippen molar-refractivity contribution >= 4 is 0 Å². The van der Waals surface area contributed by atoms with E-state index in [2.05, 4.69) is 59.7 Å². The summed E-state index contributed by atoms with van der Waals surface area (Å²) in [6.45, 7) is 9.99.